The number of nitrogens with zero attached hydrogens (tertiary/aromatic N) is 5. The van der Waals surface area contributed by atoms with Crippen LogP contribution in [-0.2, 0) is 21.6 Å². The lowest BCUT2D eigenvalue weighted by molar-refractivity contribution is -0.139. The molecule has 5 rings (SSSR count). The van der Waals surface area contributed by atoms with Crippen molar-refractivity contribution in [2.24, 2.45) is 0 Å². The van der Waals surface area contributed by atoms with Crippen molar-refractivity contribution in [1.82, 2.24) is 25.2 Å². The van der Waals surface area contributed by atoms with Crippen LogP contribution in [0.1, 0.15) is 60.5 Å². The number of benzene rings is 2. The van der Waals surface area contributed by atoms with Crippen LogP contribution in [-0.4, -0.2) is 47.7 Å². The van der Waals surface area contributed by atoms with Crippen LogP contribution in [0.25, 0.3) is 16.8 Å². The summed E-state index contributed by atoms with van der Waals surface area (Å²) in [7, 11) is 0. The first-order valence-electron chi connectivity index (χ1n) is 12.2. The normalized spacial score (nSPS) is 18.6. The Kier molecular flexibility index (Phi) is 6.77. The number of rotatable bonds is 6. The molecule has 1 aliphatic rings. The third kappa shape index (κ3) is 5.30. The van der Waals surface area contributed by atoms with Gasteiger partial charge >= 0.3 is 5.97 Å². The molecule has 0 spiro atoms. The van der Waals surface area contributed by atoms with Gasteiger partial charge in [-0.15, -0.1) is 5.10 Å². The first-order valence-corrected chi connectivity index (χ1v) is 12.6. The van der Waals surface area contributed by atoms with Gasteiger partial charge in [-0.3, -0.25) is 9.78 Å². The first-order chi connectivity index (χ1) is 18.4. The van der Waals surface area contributed by atoms with Crippen LogP contribution >= 0.6 is 11.6 Å². The zero-order valence-corrected chi connectivity index (χ0v) is 22.2. The van der Waals surface area contributed by atoms with Crippen molar-refractivity contribution < 1.29 is 23.8 Å². The number of Topliss-reactive ketones (excluding diaryl/α,β-unsaturated/α-hetero) is 1. The molecule has 2 heterocycles. The van der Waals surface area contributed by atoms with Gasteiger partial charge in [-0.2, -0.15) is 4.68 Å². The second-order valence-electron chi connectivity index (χ2n) is 10.4. The van der Waals surface area contributed by atoms with Crippen LogP contribution in [0.4, 0.5) is 4.39 Å². The molecule has 200 valence electrons. The summed E-state index contributed by atoms with van der Waals surface area (Å²) in [5.41, 5.74) is 0.0135. The molecule has 2 atom stereocenters. The maximum Gasteiger partial charge on any atom is 0.338 e. The van der Waals surface area contributed by atoms with E-state index in [0.29, 0.717) is 33.0 Å². The van der Waals surface area contributed by atoms with Gasteiger partial charge < -0.3 is 9.84 Å². The van der Waals surface area contributed by atoms with Crippen LogP contribution in [0.2, 0.25) is 5.02 Å². The quantitative estimate of drug-likeness (QED) is 0.342. The predicted octanol–water partition coefficient (Wildman–Crippen LogP) is 4.75. The van der Waals surface area contributed by atoms with E-state index in [2.05, 4.69) is 20.5 Å². The largest absolute Gasteiger partial charge is 0.456 e. The van der Waals surface area contributed by atoms with Gasteiger partial charge in [-0.25, -0.2) is 9.18 Å². The minimum Gasteiger partial charge on any atom is -0.456 e. The number of ketones is 1. The van der Waals surface area contributed by atoms with Crippen molar-refractivity contribution >= 4 is 23.4 Å². The summed E-state index contributed by atoms with van der Waals surface area (Å²) < 4.78 is 22.1. The Morgan fingerprint density at radius 3 is 2.59 bits per heavy atom. The lowest BCUT2D eigenvalue weighted by Gasteiger charge is -2.22. The van der Waals surface area contributed by atoms with Gasteiger partial charge in [0.15, 0.2) is 11.4 Å². The van der Waals surface area contributed by atoms with E-state index in [-0.39, 0.29) is 17.7 Å². The van der Waals surface area contributed by atoms with Crippen molar-refractivity contribution in [3.05, 3.63) is 88.5 Å². The number of fused-ring (bicyclic) bond motifs is 1. The maximum atomic E-state index is 15.3. The van der Waals surface area contributed by atoms with Crippen molar-refractivity contribution in [2.45, 2.75) is 51.0 Å². The molecule has 11 heteroatoms. The third-order valence-electron chi connectivity index (χ3n) is 6.40. The number of tetrazole rings is 1. The minimum absolute atomic E-state index is 0.0138. The number of halogens is 2. The lowest BCUT2D eigenvalue weighted by Crippen LogP contribution is -2.35. The molecule has 4 aromatic rings. The van der Waals surface area contributed by atoms with Crippen molar-refractivity contribution in [2.75, 3.05) is 0 Å². The molecule has 0 amide bonds. The van der Waals surface area contributed by atoms with Crippen LogP contribution in [0.5, 0.6) is 0 Å². The van der Waals surface area contributed by atoms with Gasteiger partial charge in [0.2, 0.25) is 0 Å². The van der Waals surface area contributed by atoms with E-state index >= 15 is 4.39 Å². The second-order valence-corrected chi connectivity index (χ2v) is 10.8. The fourth-order valence-electron chi connectivity index (χ4n) is 4.56. The molecule has 0 saturated carbocycles. The first kappa shape index (κ1) is 26.6. The van der Waals surface area contributed by atoms with Gasteiger partial charge in [-0.1, -0.05) is 23.7 Å². The van der Waals surface area contributed by atoms with E-state index in [4.69, 9.17) is 16.3 Å². The standard InChI is InChI=1S/C28H25ClFN5O4/c1-27(2,3)39-26(37)17-6-4-16(5-7-17)10-24(36)28(38)13-22(30)21-11-18(14-31-25(21)28)20-12-19(29)8-9-23(20)35-15-32-33-34-35/h4-9,11-12,14-15,22,38H,10,13H2,1-3H3. The number of esters is 1. The molecule has 2 aromatic carbocycles. The van der Waals surface area contributed by atoms with Crippen molar-refractivity contribution in [3.63, 3.8) is 0 Å². The van der Waals surface area contributed by atoms with Crippen molar-refractivity contribution in [1.29, 1.82) is 0 Å². The molecular weight excluding hydrogens is 525 g/mol. The number of alkyl halides is 1. The predicted molar refractivity (Wildman–Crippen MR) is 140 cm³/mol. The summed E-state index contributed by atoms with van der Waals surface area (Å²) in [5.74, 6) is -1.07. The smallest absolute Gasteiger partial charge is 0.338 e. The highest BCUT2D eigenvalue weighted by atomic mass is 35.5. The zero-order valence-electron chi connectivity index (χ0n) is 21.4. The molecule has 0 bridgehead atoms. The molecule has 1 aliphatic carbocycles. The van der Waals surface area contributed by atoms with Gasteiger partial charge in [0.25, 0.3) is 0 Å². The third-order valence-corrected chi connectivity index (χ3v) is 6.64. The molecule has 2 aromatic heterocycles. The Hall–Kier alpha value is -4.02. The molecule has 0 fully saturated rings. The average Bonchev–Trinajstić information content (AvgIpc) is 3.50. The van der Waals surface area contributed by atoms with Gasteiger partial charge in [0, 0.05) is 40.8 Å². The maximum absolute atomic E-state index is 15.3. The number of aromatic nitrogens is 5. The molecule has 0 aliphatic heterocycles. The van der Waals surface area contributed by atoms with Crippen LogP contribution in [0, 0.1) is 0 Å². The van der Waals surface area contributed by atoms with E-state index in [1.54, 1.807) is 69.3 Å². The van der Waals surface area contributed by atoms with Crippen LogP contribution < -0.4 is 0 Å². The molecule has 39 heavy (non-hydrogen) atoms. The average molecular weight is 550 g/mol. The Morgan fingerprint density at radius 1 is 1.18 bits per heavy atom. The summed E-state index contributed by atoms with van der Waals surface area (Å²) in [6.45, 7) is 5.32. The van der Waals surface area contributed by atoms with Crippen LogP contribution in [0.15, 0.2) is 61.1 Å². The van der Waals surface area contributed by atoms with Gasteiger partial charge in [0.1, 0.15) is 18.1 Å². The fourth-order valence-corrected chi connectivity index (χ4v) is 4.74. The number of carbonyl (C=O) groups is 2. The summed E-state index contributed by atoms with van der Waals surface area (Å²) in [4.78, 5) is 29.9. The minimum atomic E-state index is -2.09. The lowest BCUT2D eigenvalue weighted by atomic mass is 9.90. The molecule has 0 radical (unpaired) electrons. The van der Waals surface area contributed by atoms with E-state index in [1.807, 2.05) is 0 Å². The summed E-state index contributed by atoms with van der Waals surface area (Å²) in [6, 6.07) is 13.0. The zero-order chi connectivity index (χ0) is 27.9. The highest BCUT2D eigenvalue weighted by Crippen LogP contribution is 2.46. The Balaban J connectivity index is 1.40. The highest BCUT2D eigenvalue weighted by molar-refractivity contribution is 6.31. The summed E-state index contributed by atoms with van der Waals surface area (Å²) in [5, 5.41) is 23.0. The Morgan fingerprint density at radius 2 is 1.92 bits per heavy atom. The Labute approximate surface area is 228 Å². The molecule has 1 N–H and O–H groups in total. The summed E-state index contributed by atoms with van der Waals surface area (Å²) >= 11 is 6.23. The van der Waals surface area contributed by atoms with E-state index in [0.717, 1.165) is 0 Å². The highest BCUT2D eigenvalue weighted by Gasteiger charge is 2.49. The monoisotopic (exact) mass is 549 g/mol. The Bertz CT molecular complexity index is 1550. The SMILES string of the molecule is CC(C)(C)OC(=O)c1ccc(CC(=O)C2(O)CC(F)c3cc(-c4cc(Cl)ccc4-n4cnnn4)cnc32)cc1. The number of hydrogen-bond donors (Lipinski definition) is 1. The van der Waals surface area contributed by atoms with Crippen molar-refractivity contribution in [3.8, 4) is 16.8 Å². The molecule has 9 nitrogen and oxygen atoms in total. The van der Waals surface area contributed by atoms with Gasteiger partial charge in [0.05, 0.1) is 16.9 Å². The number of aliphatic hydroxyl groups is 1. The number of ether oxygens (including phenoxy) is 1. The molecule has 0 saturated heterocycles. The fraction of sp³-hybridized carbons (Fsp3) is 0.286. The second kappa shape index (κ2) is 9.94. The van der Waals surface area contributed by atoms with E-state index < -0.39 is 35.5 Å². The van der Waals surface area contributed by atoms with E-state index in [1.165, 1.54) is 17.2 Å². The van der Waals surface area contributed by atoms with Gasteiger partial charge in [-0.05, 0) is 73.2 Å². The topological polar surface area (TPSA) is 120 Å². The summed E-state index contributed by atoms with van der Waals surface area (Å²) in [6.07, 6.45) is 0.668. The number of carbonyl (C=O) groups excluding carboxylic acids is 2. The number of pyridine rings is 1. The molecular formula is C28H25ClFN5O4. The molecule has 2 unspecified atom stereocenters. The number of hydrogen-bond acceptors (Lipinski definition) is 8. The van der Waals surface area contributed by atoms with Crippen LogP contribution in [0.3, 0.4) is 0 Å². The van der Waals surface area contributed by atoms with E-state index in [9.17, 15) is 14.7 Å².